The van der Waals surface area contributed by atoms with Crippen molar-refractivity contribution in [2.45, 2.75) is 59.1 Å². The summed E-state index contributed by atoms with van der Waals surface area (Å²) in [5.41, 5.74) is 2.21. The fraction of sp³-hybridized carbons (Fsp3) is 0.647. The molecule has 114 valence electrons. The normalized spacial score (nSPS) is 14.2. The molecule has 0 aliphatic heterocycles. The molecule has 3 heteroatoms. The zero-order valence-corrected chi connectivity index (χ0v) is 13.2. The van der Waals surface area contributed by atoms with Crippen LogP contribution in [0.2, 0.25) is 0 Å². The van der Waals surface area contributed by atoms with E-state index < -0.39 is 0 Å². The summed E-state index contributed by atoms with van der Waals surface area (Å²) in [6, 6.07) is 5.26. The molecule has 0 saturated carbocycles. The average molecular weight is 281 g/mol. The predicted molar refractivity (Wildman–Crippen MR) is 82.6 cm³/mol. The lowest BCUT2D eigenvalue weighted by Gasteiger charge is -2.28. The molecule has 0 aliphatic rings. The first kappa shape index (κ1) is 17.1. The average Bonchev–Trinajstić information content (AvgIpc) is 2.44. The molecule has 1 rings (SSSR count). The SMILES string of the molecule is CCCNC(Cc1cc(F)ccc1C)C(CC)OCC. The summed E-state index contributed by atoms with van der Waals surface area (Å²) in [5, 5.41) is 3.55. The molecule has 0 fully saturated rings. The maximum atomic E-state index is 13.4. The fourth-order valence-corrected chi connectivity index (χ4v) is 2.49. The highest BCUT2D eigenvalue weighted by Crippen LogP contribution is 2.16. The Labute approximate surface area is 122 Å². The minimum Gasteiger partial charge on any atom is -0.377 e. The van der Waals surface area contributed by atoms with Gasteiger partial charge < -0.3 is 10.1 Å². The van der Waals surface area contributed by atoms with Crippen LogP contribution in [0.3, 0.4) is 0 Å². The topological polar surface area (TPSA) is 21.3 Å². The number of aryl methyl sites for hydroxylation is 1. The van der Waals surface area contributed by atoms with Gasteiger partial charge in [-0.25, -0.2) is 4.39 Å². The number of nitrogens with one attached hydrogen (secondary N) is 1. The summed E-state index contributed by atoms with van der Waals surface area (Å²) in [6.07, 6.45) is 3.03. The van der Waals surface area contributed by atoms with Crippen molar-refractivity contribution in [2.75, 3.05) is 13.2 Å². The van der Waals surface area contributed by atoms with Crippen LogP contribution in [0.5, 0.6) is 0 Å². The van der Waals surface area contributed by atoms with E-state index in [1.54, 1.807) is 6.07 Å². The second-order valence-electron chi connectivity index (χ2n) is 5.24. The Hall–Kier alpha value is -0.930. The van der Waals surface area contributed by atoms with Crippen LogP contribution < -0.4 is 5.32 Å². The lowest BCUT2D eigenvalue weighted by molar-refractivity contribution is 0.0319. The zero-order valence-electron chi connectivity index (χ0n) is 13.2. The van der Waals surface area contributed by atoms with Gasteiger partial charge in [0.2, 0.25) is 0 Å². The van der Waals surface area contributed by atoms with Gasteiger partial charge in [0, 0.05) is 12.6 Å². The summed E-state index contributed by atoms with van der Waals surface area (Å²) in [7, 11) is 0. The Morgan fingerprint density at radius 1 is 1.25 bits per heavy atom. The van der Waals surface area contributed by atoms with Crippen LogP contribution in [0.4, 0.5) is 4.39 Å². The van der Waals surface area contributed by atoms with Gasteiger partial charge in [-0.15, -0.1) is 0 Å². The van der Waals surface area contributed by atoms with E-state index in [4.69, 9.17) is 4.74 Å². The number of rotatable bonds is 9. The highest BCUT2D eigenvalue weighted by molar-refractivity contribution is 5.27. The molecule has 0 saturated heterocycles. The van der Waals surface area contributed by atoms with Crippen LogP contribution in [0, 0.1) is 12.7 Å². The molecular formula is C17H28FNO. The Morgan fingerprint density at radius 2 is 2.00 bits per heavy atom. The molecule has 20 heavy (non-hydrogen) atoms. The zero-order chi connectivity index (χ0) is 15.0. The van der Waals surface area contributed by atoms with Gasteiger partial charge in [-0.1, -0.05) is 19.9 Å². The van der Waals surface area contributed by atoms with E-state index >= 15 is 0 Å². The number of benzene rings is 1. The molecule has 0 bridgehead atoms. The minimum atomic E-state index is -0.163. The van der Waals surface area contributed by atoms with Crippen molar-refractivity contribution in [1.29, 1.82) is 0 Å². The van der Waals surface area contributed by atoms with Crippen LogP contribution in [0.1, 0.15) is 44.7 Å². The van der Waals surface area contributed by atoms with E-state index in [-0.39, 0.29) is 18.0 Å². The van der Waals surface area contributed by atoms with E-state index in [1.165, 1.54) is 6.07 Å². The van der Waals surface area contributed by atoms with Crippen molar-refractivity contribution in [3.8, 4) is 0 Å². The van der Waals surface area contributed by atoms with E-state index in [0.29, 0.717) is 6.61 Å². The molecule has 0 radical (unpaired) electrons. The Kier molecular flexibility index (Phi) is 7.78. The highest BCUT2D eigenvalue weighted by Gasteiger charge is 2.21. The van der Waals surface area contributed by atoms with Crippen molar-refractivity contribution in [1.82, 2.24) is 5.32 Å². The maximum Gasteiger partial charge on any atom is 0.123 e. The molecule has 0 heterocycles. The van der Waals surface area contributed by atoms with Crippen molar-refractivity contribution < 1.29 is 9.13 Å². The summed E-state index contributed by atoms with van der Waals surface area (Å²) < 4.78 is 19.3. The lowest BCUT2D eigenvalue weighted by Crippen LogP contribution is -2.43. The summed E-state index contributed by atoms with van der Waals surface area (Å²) in [4.78, 5) is 0. The van der Waals surface area contributed by atoms with Crippen molar-refractivity contribution in [3.63, 3.8) is 0 Å². The summed E-state index contributed by atoms with van der Waals surface area (Å²) in [6.45, 7) is 10.0. The second kappa shape index (κ2) is 9.09. The molecule has 1 aromatic carbocycles. The first-order valence-corrected chi connectivity index (χ1v) is 7.72. The van der Waals surface area contributed by atoms with Crippen molar-refractivity contribution >= 4 is 0 Å². The molecule has 2 nitrogen and oxygen atoms in total. The maximum absolute atomic E-state index is 13.4. The molecule has 1 aromatic rings. The van der Waals surface area contributed by atoms with Gasteiger partial charge in [-0.3, -0.25) is 0 Å². The molecule has 0 aromatic heterocycles. The van der Waals surface area contributed by atoms with Gasteiger partial charge in [0.15, 0.2) is 0 Å². The van der Waals surface area contributed by atoms with Crippen molar-refractivity contribution in [2.24, 2.45) is 0 Å². The highest BCUT2D eigenvalue weighted by atomic mass is 19.1. The Morgan fingerprint density at radius 3 is 2.60 bits per heavy atom. The first-order valence-electron chi connectivity index (χ1n) is 7.72. The summed E-state index contributed by atoms with van der Waals surface area (Å²) in [5.74, 6) is -0.163. The van der Waals surface area contributed by atoms with Crippen LogP contribution >= 0.6 is 0 Å². The van der Waals surface area contributed by atoms with Gasteiger partial charge in [-0.2, -0.15) is 0 Å². The van der Waals surface area contributed by atoms with Crippen LogP contribution in [-0.2, 0) is 11.2 Å². The van der Waals surface area contributed by atoms with Gasteiger partial charge in [0.25, 0.3) is 0 Å². The Bertz CT molecular complexity index is 395. The Balaban J connectivity index is 2.84. The number of halogens is 1. The van der Waals surface area contributed by atoms with E-state index in [0.717, 1.165) is 36.9 Å². The standard InChI is InChI=1S/C17H28FNO/c1-5-10-19-16(17(6-2)20-7-3)12-14-11-15(18)9-8-13(14)4/h8-9,11,16-17,19H,5-7,10,12H2,1-4H3. The van der Waals surface area contributed by atoms with Crippen LogP contribution in [-0.4, -0.2) is 25.3 Å². The first-order chi connectivity index (χ1) is 9.62. The smallest absolute Gasteiger partial charge is 0.123 e. The molecular weight excluding hydrogens is 253 g/mol. The third-order valence-corrected chi connectivity index (χ3v) is 3.64. The monoisotopic (exact) mass is 281 g/mol. The lowest BCUT2D eigenvalue weighted by atomic mass is 9.96. The number of hydrogen-bond donors (Lipinski definition) is 1. The van der Waals surface area contributed by atoms with Crippen molar-refractivity contribution in [3.05, 3.63) is 35.1 Å². The summed E-state index contributed by atoms with van der Waals surface area (Å²) >= 11 is 0. The van der Waals surface area contributed by atoms with Gasteiger partial charge >= 0.3 is 0 Å². The molecule has 2 atom stereocenters. The predicted octanol–water partition coefficient (Wildman–Crippen LogP) is 3.86. The van der Waals surface area contributed by atoms with Gasteiger partial charge in [0.05, 0.1) is 6.10 Å². The van der Waals surface area contributed by atoms with E-state index in [2.05, 4.69) is 19.2 Å². The van der Waals surface area contributed by atoms with E-state index in [1.807, 2.05) is 19.9 Å². The number of ether oxygens (including phenoxy) is 1. The molecule has 2 unspecified atom stereocenters. The second-order valence-corrected chi connectivity index (χ2v) is 5.24. The third kappa shape index (κ3) is 5.22. The van der Waals surface area contributed by atoms with Gasteiger partial charge in [0.1, 0.15) is 5.82 Å². The largest absolute Gasteiger partial charge is 0.377 e. The molecule has 0 amide bonds. The van der Waals surface area contributed by atoms with Crippen LogP contribution in [0.15, 0.2) is 18.2 Å². The molecule has 0 aliphatic carbocycles. The minimum absolute atomic E-state index is 0.163. The quantitative estimate of drug-likeness (QED) is 0.742. The van der Waals surface area contributed by atoms with Gasteiger partial charge in [-0.05, 0) is 62.9 Å². The third-order valence-electron chi connectivity index (χ3n) is 3.64. The molecule has 1 N–H and O–H groups in total. The molecule has 0 spiro atoms. The van der Waals surface area contributed by atoms with Crippen LogP contribution in [0.25, 0.3) is 0 Å². The van der Waals surface area contributed by atoms with E-state index in [9.17, 15) is 4.39 Å². The fourth-order valence-electron chi connectivity index (χ4n) is 2.49. The number of hydrogen-bond acceptors (Lipinski definition) is 2.